The van der Waals surface area contributed by atoms with E-state index in [2.05, 4.69) is 12.6 Å². The Labute approximate surface area is 67.1 Å². The fourth-order valence-corrected chi connectivity index (χ4v) is 0.711. The minimum atomic E-state index is 0.262. The van der Waals surface area contributed by atoms with Gasteiger partial charge in [-0.25, -0.2) is 0 Å². The normalized spacial score (nSPS) is 7.90. The summed E-state index contributed by atoms with van der Waals surface area (Å²) in [4.78, 5) is 0.782. The predicted octanol–water partition coefficient (Wildman–Crippen LogP) is 2.71. The van der Waals surface area contributed by atoms with Crippen LogP contribution in [0.4, 0.5) is 0 Å². The second-order valence-electron chi connectivity index (χ2n) is 1.52. The molecule has 0 aromatic heterocycles. The molecule has 56 valence electrons. The van der Waals surface area contributed by atoms with Crippen LogP contribution in [-0.4, -0.2) is 5.11 Å². The smallest absolute Gasteiger partial charge is 0.116 e. The van der Waals surface area contributed by atoms with E-state index >= 15 is 0 Å². The van der Waals surface area contributed by atoms with Crippen molar-refractivity contribution in [2.75, 3.05) is 0 Å². The number of phenolic OH excluding ortho intramolecular Hbond substituents is 1. The molecule has 0 radical (unpaired) electrons. The summed E-state index contributed by atoms with van der Waals surface area (Å²) in [6.45, 7) is 4.00. The molecule has 1 aromatic rings. The molecule has 0 saturated carbocycles. The van der Waals surface area contributed by atoms with Crippen LogP contribution in [0, 0.1) is 0 Å². The first kappa shape index (κ1) is 9.37. The number of thiol groups is 1. The molecule has 1 aromatic carbocycles. The summed E-state index contributed by atoms with van der Waals surface area (Å²) in [6.07, 6.45) is 0. The van der Waals surface area contributed by atoms with Crippen molar-refractivity contribution in [1.82, 2.24) is 0 Å². The monoisotopic (exact) mass is 156 g/mol. The van der Waals surface area contributed by atoms with E-state index in [0.717, 1.165) is 4.90 Å². The Morgan fingerprint density at radius 1 is 1.30 bits per heavy atom. The summed E-state index contributed by atoms with van der Waals surface area (Å²) in [5, 5.41) is 8.76. The first-order valence-electron chi connectivity index (χ1n) is 3.27. The number of phenols is 1. The van der Waals surface area contributed by atoms with Crippen LogP contribution < -0.4 is 0 Å². The highest BCUT2D eigenvalue weighted by atomic mass is 32.1. The summed E-state index contributed by atoms with van der Waals surface area (Å²) < 4.78 is 0. The molecule has 10 heavy (non-hydrogen) atoms. The lowest BCUT2D eigenvalue weighted by Gasteiger charge is -1.89. The first-order chi connectivity index (χ1) is 4.79. The molecule has 0 fully saturated rings. The second kappa shape index (κ2) is 5.18. The zero-order valence-electron chi connectivity index (χ0n) is 6.20. The van der Waals surface area contributed by atoms with Crippen molar-refractivity contribution >= 4 is 12.6 Å². The highest BCUT2D eigenvalue weighted by molar-refractivity contribution is 7.80. The molecule has 1 N–H and O–H groups in total. The Kier molecular flexibility index (Phi) is 4.85. The van der Waals surface area contributed by atoms with Gasteiger partial charge in [-0.3, -0.25) is 0 Å². The zero-order valence-corrected chi connectivity index (χ0v) is 7.10. The molecule has 0 heterocycles. The minimum absolute atomic E-state index is 0.262. The molecule has 0 bridgehead atoms. The van der Waals surface area contributed by atoms with Crippen LogP contribution >= 0.6 is 12.6 Å². The number of hydrogen-bond acceptors (Lipinski definition) is 2. The number of rotatable bonds is 0. The molecule has 1 rings (SSSR count). The van der Waals surface area contributed by atoms with Crippen molar-refractivity contribution < 1.29 is 5.11 Å². The Bertz CT molecular complexity index is 169. The molecule has 2 heteroatoms. The Hall–Kier alpha value is -0.630. The van der Waals surface area contributed by atoms with Crippen molar-refractivity contribution in [2.24, 2.45) is 0 Å². The van der Waals surface area contributed by atoms with Gasteiger partial charge in [0.15, 0.2) is 0 Å². The topological polar surface area (TPSA) is 20.2 Å². The lowest BCUT2D eigenvalue weighted by atomic mass is 10.3. The lowest BCUT2D eigenvalue weighted by Crippen LogP contribution is -1.62. The molecule has 0 aliphatic rings. The van der Waals surface area contributed by atoms with Crippen LogP contribution in [0.3, 0.4) is 0 Å². The van der Waals surface area contributed by atoms with Crippen LogP contribution in [0.1, 0.15) is 13.8 Å². The molecule has 0 aliphatic carbocycles. The summed E-state index contributed by atoms with van der Waals surface area (Å²) in [5.74, 6) is 0.262. The van der Waals surface area contributed by atoms with Gasteiger partial charge in [0.05, 0.1) is 0 Å². The van der Waals surface area contributed by atoms with Gasteiger partial charge in [0, 0.05) is 4.90 Å². The van der Waals surface area contributed by atoms with E-state index in [0.29, 0.717) is 0 Å². The maximum Gasteiger partial charge on any atom is 0.116 e. The van der Waals surface area contributed by atoms with Crippen LogP contribution in [0.25, 0.3) is 0 Å². The fraction of sp³-hybridized carbons (Fsp3) is 0.250. The zero-order chi connectivity index (χ0) is 7.98. The highest BCUT2D eigenvalue weighted by Gasteiger charge is 1.83. The number of hydrogen-bond donors (Lipinski definition) is 2. The SMILES string of the molecule is CC.Oc1cccc(S)c1. The Morgan fingerprint density at radius 2 is 1.90 bits per heavy atom. The molecule has 1 nitrogen and oxygen atoms in total. The van der Waals surface area contributed by atoms with Gasteiger partial charge in [-0.15, -0.1) is 12.6 Å². The minimum Gasteiger partial charge on any atom is -0.508 e. The summed E-state index contributed by atoms with van der Waals surface area (Å²) >= 11 is 3.99. The maximum absolute atomic E-state index is 8.76. The summed E-state index contributed by atoms with van der Waals surface area (Å²) in [7, 11) is 0. The van der Waals surface area contributed by atoms with Gasteiger partial charge in [0.1, 0.15) is 5.75 Å². The van der Waals surface area contributed by atoms with Gasteiger partial charge < -0.3 is 5.11 Å². The third kappa shape index (κ3) is 3.41. The van der Waals surface area contributed by atoms with E-state index < -0.39 is 0 Å². The van der Waals surface area contributed by atoms with E-state index in [1.807, 2.05) is 19.9 Å². The Balaban J connectivity index is 0.000000371. The van der Waals surface area contributed by atoms with Crippen molar-refractivity contribution in [2.45, 2.75) is 18.7 Å². The first-order valence-corrected chi connectivity index (χ1v) is 3.72. The van der Waals surface area contributed by atoms with Gasteiger partial charge in [0.25, 0.3) is 0 Å². The van der Waals surface area contributed by atoms with Crippen molar-refractivity contribution in [1.29, 1.82) is 0 Å². The third-order valence-corrected chi connectivity index (χ3v) is 1.11. The molecule has 0 saturated heterocycles. The van der Waals surface area contributed by atoms with Crippen molar-refractivity contribution in [3.05, 3.63) is 24.3 Å². The van der Waals surface area contributed by atoms with Gasteiger partial charge in [0.2, 0.25) is 0 Å². The fourth-order valence-electron chi connectivity index (χ4n) is 0.493. The van der Waals surface area contributed by atoms with Crippen LogP contribution in [0.2, 0.25) is 0 Å². The largest absolute Gasteiger partial charge is 0.508 e. The van der Waals surface area contributed by atoms with E-state index in [9.17, 15) is 0 Å². The van der Waals surface area contributed by atoms with Crippen molar-refractivity contribution in [3.63, 3.8) is 0 Å². The second-order valence-corrected chi connectivity index (χ2v) is 2.04. The predicted molar refractivity (Wildman–Crippen MR) is 46.7 cm³/mol. The van der Waals surface area contributed by atoms with Crippen LogP contribution in [0.15, 0.2) is 29.2 Å². The molecule has 0 aliphatic heterocycles. The molecular weight excluding hydrogens is 144 g/mol. The molecule has 0 atom stereocenters. The van der Waals surface area contributed by atoms with Crippen molar-refractivity contribution in [3.8, 4) is 5.75 Å². The highest BCUT2D eigenvalue weighted by Crippen LogP contribution is 2.12. The molecular formula is C8H12OS. The van der Waals surface area contributed by atoms with Gasteiger partial charge in [-0.1, -0.05) is 19.9 Å². The third-order valence-electron chi connectivity index (χ3n) is 0.830. The quantitative estimate of drug-likeness (QED) is 0.553. The molecule has 0 amide bonds. The summed E-state index contributed by atoms with van der Waals surface area (Å²) in [5.41, 5.74) is 0. The van der Waals surface area contributed by atoms with E-state index in [-0.39, 0.29) is 5.75 Å². The van der Waals surface area contributed by atoms with Gasteiger partial charge in [-0.05, 0) is 18.2 Å². The average molecular weight is 156 g/mol. The Morgan fingerprint density at radius 3 is 2.20 bits per heavy atom. The van der Waals surface area contributed by atoms with Crippen LogP contribution in [-0.2, 0) is 0 Å². The van der Waals surface area contributed by atoms with Gasteiger partial charge >= 0.3 is 0 Å². The average Bonchev–Trinajstić information content (AvgIpc) is 1.91. The summed E-state index contributed by atoms with van der Waals surface area (Å²) in [6, 6.07) is 6.75. The lowest BCUT2D eigenvalue weighted by molar-refractivity contribution is 0.474. The van der Waals surface area contributed by atoms with E-state index in [4.69, 9.17) is 5.11 Å². The van der Waals surface area contributed by atoms with E-state index in [1.54, 1.807) is 18.2 Å². The molecule has 0 spiro atoms. The van der Waals surface area contributed by atoms with E-state index in [1.165, 1.54) is 0 Å². The maximum atomic E-state index is 8.76. The number of benzene rings is 1. The molecule has 0 unspecified atom stereocenters. The van der Waals surface area contributed by atoms with Crippen LogP contribution in [0.5, 0.6) is 5.75 Å². The number of aromatic hydroxyl groups is 1. The standard InChI is InChI=1S/C6H6OS.C2H6/c7-5-2-1-3-6(8)4-5;1-2/h1-4,7-8H;1-2H3. The van der Waals surface area contributed by atoms with Gasteiger partial charge in [-0.2, -0.15) is 0 Å².